The minimum absolute atomic E-state index is 0.0678. The molecule has 0 bridgehead atoms. The third-order valence-electron chi connectivity index (χ3n) is 4.18. The highest BCUT2D eigenvalue weighted by molar-refractivity contribution is 5.80. The van der Waals surface area contributed by atoms with Crippen LogP contribution in [0.4, 0.5) is 0 Å². The number of amides is 1. The average Bonchev–Trinajstić information content (AvgIpc) is 2.58. The number of likely N-dealkylation sites (N-methyl/N-ethyl adjacent to an activating group) is 1. The van der Waals surface area contributed by atoms with E-state index in [1.165, 1.54) is 0 Å². The quantitative estimate of drug-likeness (QED) is 0.811. The number of para-hydroxylation sites is 1. The summed E-state index contributed by atoms with van der Waals surface area (Å²) in [4.78, 5) is 14.3. The Kier molecular flexibility index (Phi) is 5.85. The van der Waals surface area contributed by atoms with Crippen LogP contribution in [0.25, 0.3) is 0 Å². The van der Waals surface area contributed by atoms with E-state index in [0.29, 0.717) is 6.54 Å². The Bertz CT molecular complexity index is 712. The van der Waals surface area contributed by atoms with Gasteiger partial charge in [0.1, 0.15) is 11.5 Å². The van der Waals surface area contributed by atoms with Crippen molar-refractivity contribution in [2.75, 3.05) is 14.2 Å². The van der Waals surface area contributed by atoms with Crippen molar-refractivity contribution in [2.24, 2.45) is 0 Å². The van der Waals surface area contributed by atoms with Crippen molar-refractivity contribution in [1.82, 2.24) is 4.90 Å². The van der Waals surface area contributed by atoms with E-state index in [9.17, 15) is 4.79 Å². The highest BCUT2D eigenvalue weighted by atomic mass is 16.5. The zero-order valence-corrected chi connectivity index (χ0v) is 15.0. The van der Waals surface area contributed by atoms with Gasteiger partial charge in [0.25, 0.3) is 5.91 Å². The van der Waals surface area contributed by atoms with Crippen molar-refractivity contribution in [3.8, 4) is 11.5 Å². The lowest BCUT2D eigenvalue weighted by molar-refractivity contribution is -0.137. The Morgan fingerprint density at radius 2 is 1.75 bits per heavy atom. The third-order valence-corrected chi connectivity index (χ3v) is 4.18. The van der Waals surface area contributed by atoms with Gasteiger partial charge in [-0.05, 0) is 44.0 Å². The highest BCUT2D eigenvalue weighted by Gasteiger charge is 2.21. The molecule has 0 fully saturated rings. The van der Waals surface area contributed by atoms with Gasteiger partial charge in [0.2, 0.25) is 0 Å². The van der Waals surface area contributed by atoms with Crippen LogP contribution < -0.4 is 9.47 Å². The first-order chi connectivity index (χ1) is 11.4. The summed E-state index contributed by atoms with van der Waals surface area (Å²) in [5.74, 6) is 1.46. The summed E-state index contributed by atoms with van der Waals surface area (Å²) in [7, 11) is 3.41. The largest absolute Gasteiger partial charge is 0.496 e. The molecule has 0 unspecified atom stereocenters. The van der Waals surface area contributed by atoms with Crippen LogP contribution >= 0.6 is 0 Å². The molecular formula is C20H25NO3. The molecule has 0 saturated carbocycles. The van der Waals surface area contributed by atoms with Crippen molar-refractivity contribution in [3.63, 3.8) is 0 Å². The second-order valence-electron chi connectivity index (χ2n) is 5.96. The third kappa shape index (κ3) is 4.07. The Balaban J connectivity index is 2.05. The molecule has 1 atom stereocenters. The van der Waals surface area contributed by atoms with Gasteiger partial charge in [-0.25, -0.2) is 0 Å². The monoisotopic (exact) mass is 327 g/mol. The fraction of sp³-hybridized carbons (Fsp3) is 0.350. The second-order valence-corrected chi connectivity index (χ2v) is 5.96. The van der Waals surface area contributed by atoms with Gasteiger partial charge in [-0.2, -0.15) is 0 Å². The number of hydrogen-bond acceptors (Lipinski definition) is 3. The minimum Gasteiger partial charge on any atom is -0.496 e. The molecule has 4 heteroatoms. The maximum atomic E-state index is 12.6. The molecule has 0 spiro atoms. The van der Waals surface area contributed by atoms with Crippen molar-refractivity contribution in [1.29, 1.82) is 0 Å². The molecule has 128 valence electrons. The van der Waals surface area contributed by atoms with Crippen molar-refractivity contribution >= 4 is 5.91 Å². The first kappa shape index (κ1) is 17.9. The molecule has 2 aromatic carbocycles. The molecule has 4 nitrogen and oxygen atoms in total. The number of carbonyl (C=O) groups excluding carboxylic acids is 1. The van der Waals surface area contributed by atoms with E-state index in [2.05, 4.69) is 0 Å². The number of nitrogens with zero attached hydrogens (tertiary/aromatic N) is 1. The highest BCUT2D eigenvalue weighted by Crippen LogP contribution is 2.23. The Morgan fingerprint density at radius 1 is 1.08 bits per heavy atom. The van der Waals surface area contributed by atoms with Gasteiger partial charge >= 0.3 is 0 Å². The van der Waals surface area contributed by atoms with Crippen LogP contribution in [0.3, 0.4) is 0 Å². The normalized spacial score (nSPS) is 11.7. The zero-order chi connectivity index (χ0) is 17.7. The van der Waals surface area contributed by atoms with Gasteiger partial charge in [0.15, 0.2) is 6.10 Å². The molecule has 0 heterocycles. The fourth-order valence-corrected chi connectivity index (χ4v) is 2.57. The molecule has 2 aromatic rings. The van der Waals surface area contributed by atoms with Crippen LogP contribution in [0, 0.1) is 13.8 Å². The van der Waals surface area contributed by atoms with Crippen molar-refractivity contribution < 1.29 is 14.3 Å². The summed E-state index contributed by atoms with van der Waals surface area (Å²) >= 11 is 0. The van der Waals surface area contributed by atoms with E-state index in [1.807, 2.05) is 56.3 Å². The number of methoxy groups -OCH3 is 1. The summed E-state index contributed by atoms with van der Waals surface area (Å²) < 4.78 is 11.2. The summed E-state index contributed by atoms with van der Waals surface area (Å²) in [5.41, 5.74) is 3.17. The number of benzene rings is 2. The second kappa shape index (κ2) is 7.86. The first-order valence-corrected chi connectivity index (χ1v) is 8.03. The predicted octanol–water partition coefficient (Wildman–Crippen LogP) is 3.74. The lowest BCUT2D eigenvalue weighted by atomic mass is 10.1. The smallest absolute Gasteiger partial charge is 0.263 e. The minimum atomic E-state index is -0.551. The van der Waals surface area contributed by atoms with Crippen LogP contribution in [-0.4, -0.2) is 31.1 Å². The molecule has 0 N–H and O–H groups in total. The summed E-state index contributed by atoms with van der Waals surface area (Å²) in [6.45, 7) is 6.29. The van der Waals surface area contributed by atoms with Crippen LogP contribution in [0.1, 0.15) is 23.6 Å². The average molecular weight is 327 g/mol. The Hall–Kier alpha value is -2.49. The molecule has 0 aliphatic rings. The SMILES string of the molecule is COc1ccccc1CN(C)C(=O)[C@@H](C)Oc1cccc(C)c1C. The van der Waals surface area contributed by atoms with Gasteiger partial charge in [-0.3, -0.25) is 4.79 Å². The topological polar surface area (TPSA) is 38.8 Å². The summed E-state index contributed by atoms with van der Waals surface area (Å²) in [6.07, 6.45) is -0.551. The van der Waals surface area contributed by atoms with Crippen LogP contribution in [0.2, 0.25) is 0 Å². The number of rotatable bonds is 6. The van der Waals surface area contributed by atoms with Gasteiger partial charge in [0.05, 0.1) is 7.11 Å². The van der Waals surface area contributed by atoms with Crippen LogP contribution in [0.15, 0.2) is 42.5 Å². The number of carbonyl (C=O) groups is 1. The summed E-state index contributed by atoms with van der Waals surface area (Å²) in [6, 6.07) is 13.6. The predicted molar refractivity (Wildman–Crippen MR) is 95.5 cm³/mol. The van der Waals surface area contributed by atoms with E-state index in [4.69, 9.17) is 9.47 Å². The molecule has 0 aliphatic heterocycles. The van der Waals surface area contributed by atoms with Crippen molar-refractivity contribution in [2.45, 2.75) is 33.4 Å². The lowest BCUT2D eigenvalue weighted by Crippen LogP contribution is -2.37. The van der Waals surface area contributed by atoms with Gasteiger partial charge < -0.3 is 14.4 Å². The van der Waals surface area contributed by atoms with E-state index in [-0.39, 0.29) is 5.91 Å². The van der Waals surface area contributed by atoms with Gasteiger partial charge in [0, 0.05) is 19.2 Å². The molecule has 0 aliphatic carbocycles. The molecular weight excluding hydrogens is 302 g/mol. The molecule has 0 saturated heterocycles. The standard InChI is InChI=1S/C20H25NO3/c1-14-9-8-12-18(15(14)2)24-16(3)20(22)21(4)13-17-10-6-7-11-19(17)23-5/h6-12,16H,13H2,1-5H3/t16-/m1/s1. The summed E-state index contributed by atoms with van der Waals surface area (Å²) in [5, 5.41) is 0. The zero-order valence-electron chi connectivity index (χ0n) is 15.0. The maximum Gasteiger partial charge on any atom is 0.263 e. The molecule has 0 radical (unpaired) electrons. The molecule has 1 amide bonds. The number of ether oxygens (including phenoxy) is 2. The van der Waals surface area contributed by atoms with Gasteiger partial charge in [-0.1, -0.05) is 30.3 Å². The van der Waals surface area contributed by atoms with Crippen LogP contribution in [0.5, 0.6) is 11.5 Å². The Labute approximate surface area is 144 Å². The first-order valence-electron chi connectivity index (χ1n) is 8.03. The number of hydrogen-bond donors (Lipinski definition) is 0. The molecule has 2 rings (SSSR count). The lowest BCUT2D eigenvalue weighted by Gasteiger charge is -2.23. The van der Waals surface area contributed by atoms with Crippen LogP contribution in [-0.2, 0) is 11.3 Å². The van der Waals surface area contributed by atoms with Crippen molar-refractivity contribution in [3.05, 3.63) is 59.2 Å². The van der Waals surface area contributed by atoms with E-state index < -0.39 is 6.10 Å². The molecule has 24 heavy (non-hydrogen) atoms. The maximum absolute atomic E-state index is 12.6. The Morgan fingerprint density at radius 3 is 2.46 bits per heavy atom. The van der Waals surface area contributed by atoms with E-state index in [1.54, 1.807) is 26.0 Å². The van der Waals surface area contributed by atoms with E-state index >= 15 is 0 Å². The van der Waals surface area contributed by atoms with Gasteiger partial charge in [-0.15, -0.1) is 0 Å². The molecule has 0 aromatic heterocycles. The fourth-order valence-electron chi connectivity index (χ4n) is 2.57. The number of aryl methyl sites for hydroxylation is 1. The van der Waals surface area contributed by atoms with E-state index in [0.717, 1.165) is 28.2 Å².